The molecule has 0 spiro atoms. The van der Waals surface area contributed by atoms with Crippen LogP contribution in [0.3, 0.4) is 0 Å². The lowest BCUT2D eigenvalue weighted by molar-refractivity contribution is -0.153. The Morgan fingerprint density at radius 3 is 2.39 bits per heavy atom. The summed E-state index contributed by atoms with van der Waals surface area (Å²) in [5.41, 5.74) is -1.84. The van der Waals surface area contributed by atoms with Gasteiger partial charge in [0.1, 0.15) is 23.3 Å². The quantitative estimate of drug-likeness (QED) is 0.759. The van der Waals surface area contributed by atoms with Gasteiger partial charge in [-0.05, 0) is 6.92 Å². The maximum Gasteiger partial charge on any atom is 0.450 e. The summed E-state index contributed by atoms with van der Waals surface area (Å²) in [5, 5.41) is 17.2. The molecule has 0 atom stereocenters. The Kier molecular flexibility index (Phi) is 3.62. The van der Waals surface area contributed by atoms with E-state index in [1.165, 1.54) is 19.1 Å². The smallest absolute Gasteiger partial charge is 0.450 e. The Labute approximate surface area is 99.0 Å². The van der Waals surface area contributed by atoms with E-state index in [2.05, 4.69) is 9.15 Å². The highest BCUT2D eigenvalue weighted by molar-refractivity contribution is 5.94. The summed E-state index contributed by atoms with van der Waals surface area (Å²) in [6.45, 7) is 1.22. The molecule has 0 aliphatic heterocycles. The van der Waals surface area contributed by atoms with Gasteiger partial charge in [-0.25, -0.2) is 4.79 Å². The van der Waals surface area contributed by atoms with Gasteiger partial charge in [-0.15, -0.1) is 0 Å². The minimum absolute atomic E-state index is 0.173. The first kappa shape index (κ1) is 13.6. The lowest BCUT2D eigenvalue weighted by Crippen LogP contribution is -2.14. The molecule has 0 N–H and O–H groups in total. The van der Waals surface area contributed by atoms with Crippen molar-refractivity contribution in [3.63, 3.8) is 0 Å². The average molecular weight is 258 g/mol. The minimum atomic E-state index is -5.00. The van der Waals surface area contributed by atoms with E-state index < -0.39 is 34.8 Å². The Morgan fingerprint density at radius 2 is 2.00 bits per heavy atom. The maximum absolute atomic E-state index is 12.6. The number of ether oxygens (including phenoxy) is 1. The van der Waals surface area contributed by atoms with Crippen LogP contribution in [0.4, 0.5) is 13.2 Å². The number of halogens is 3. The van der Waals surface area contributed by atoms with E-state index >= 15 is 0 Å². The molecule has 8 heteroatoms. The highest BCUT2D eigenvalue weighted by Crippen LogP contribution is 2.36. The van der Waals surface area contributed by atoms with Gasteiger partial charge in [0.25, 0.3) is 0 Å². The van der Waals surface area contributed by atoms with Crippen molar-refractivity contribution in [3.8, 4) is 12.1 Å². The highest BCUT2D eigenvalue weighted by atomic mass is 19.4. The summed E-state index contributed by atoms with van der Waals surface area (Å²) in [5.74, 6) is -3.92. The lowest BCUT2D eigenvalue weighted by Gasteiger charge is -2.05. The van der Waals surface area contributed by atoms with Crippen molar-refractivity contribution in [1.29, 1.82) is 10.5 Å². The van der Waals surface area contributed by atoms with Crippen LogP contribution in [-0.4, -0.2) is 12.6 Å². The third kappa shape index (κ3) is 2.28. The van der Waals surface area contributed by atoms with Crippen LogP contribution in [0.15, 0.2) is 4.42 Å². The molecule has 0 radical (unpaired) electrons. The van der Waals surface area contributed by atoms with E-state index in [0.29, 0.717) is 0 Å². The molecule has 1 rings (SSSR count). The zero-order chi connectivity index (χ0) is 13.9. The first-order chi connectivity index (χ1) is 8.36. The fraction of sp³-hybridized carbons (Fsp3) is 0.300. The van der Waals surface area contributed by atoms with Gasteiger partial charge in [0.15, 0.2) is 0 Å². The maximum atomic E-state index is 12.6. The van der Waals surface area contributed by atoms with Crippen molar-refractivity contribution in [1.82, 2.24) is 0 Å². The Morgan fingerprint density at radius 1 is 1.39 bits per heavy atom. The first-order valence-electron chi connectivity index (χ1n) is 4.58. The molecule has 0 aliphatic carbocycles. The molecule has 1 aromatic heterocycles. The number of alkyl halides is 3. The van der Waals surface area contributed by atoms with Gasteiger partial charge in [-0.1, -0.05) is 0 Å². The summed E-state index contributed by atoms with van der Waals surface area (Å²) in [6, 6.07) is 2.61. The summed E-state index contributed by atoms with van der Waals surface area (Å²) in [7, 11) is 0. The van der Waals surface area contributed by atoms with Crippen LogP contribution in [0.25, 0.3) is 0 Å². The van der Waals surface area contributed by atoms with Crippen molar-refractivity contribution in [2.45, 2.75) is 13.1 Å². The molecule has 5 nitrogen and oxygen atoms in total. The fourth-order valence-corrected chi connectivity index (χ4v) is 1.21. The number of carbonyl (C=O) groups is 1. The molecule has 0 bridgehead atoms. The third-order valence-corrected chi connectivity index (χ3v) is 1.86. The number of nitrogens with zero attached hydrogens (tertiary/aromatic N) is 2. The number of esters is 1. The van der Waals surface area contributed by atoms with Crippen LogP contribution in [0, 0.1) is 22.7 Å². The molecule has 0 aliphatic rings. The van der Waals surface area contributed by atoms with Crippen LogP contribution in [0.2, 0.25) is 0 Å². The molecule has 1 heterocycles. The van der Waals surface area contributed by atoms with Crippen molar-refractivity contribution in [2.75, 3.05) is 6.61 Å². The molecule has 94 valence electrons. The van der Waals surface area contributed by atoms with Gasteiger partial charge in [0, 0.05) is 0 Å². The molecule has 1 aromatic rings. The van der Waals surface area contributed by atoms with Crippen LogP contribution in [0.5, 0.6) is 0 Å². The van der Waals surface area contributed by atoms with E-state index in [-0.39, 0.29) is 6.61 Å². The van der Waals surface area contributed by atoms with E-state index in [9.17, 15) is 18.0 Å². The summed E-state index contributed by atoms with van der Waals surface area (Å²) >= 11 is 0. The molecular weight excluding hydrogens is 253 g/mol. The highest BCUT2D eigenvalue weighted by Gasteiger charge is 2.43. The second-order valence-corrected chi connectivity index (χ2v) is 2.95. The monoisotopic (exact) mass is 258 g/mol. The molecule has 0 unspecified atom stereocenters. The number of hydrogen-bond donors (Lipinski definition) is 0. The predicted octanol–water partition coefficient (Wildman–Crippen LogP) is 2.22. The van der Waals surface area contributed by atoms with Crippen LogP contribution in [-0.2, 0) is 10.9 Å². The molecule has 0 amide bonds. The zero-order valence-electron chi connectivity index (χ0n) is 8.96. The fourth-order valence-electron chi connectivity index (χ4n) is 1.21. The van der Waals surface area contributed by atoms with Crippen LogP contribution in [0.1, 0.15) is 34.4 Å². The first-order valence-corrected chi connectivity index (χ1v) is 4.58. The van der Waals surface area contributed by atoms with Crippen molar-refractivity contribution in [2.24, 2.45) is 0 Å². The summed E-state index contributed by atoms with van der Waals surface area (Å²) < 4.78 is 46.4. The van der Waals surface area contributed by atoms with E-state index in [4.69, 9.17) is 10.5 Å². The Hall–Kier alpha value is -2.48. The van der Waals surface area contributed by atoms with Gasteiger partial charge in [0.05, 0.1) is 6.61 Å². The zero-order valence-corrected chi connectivity index (χ0v) is 8.96. The van der Waals surface area contributed by atoms with E-state index in [1.807, 2.05) is 0 Å². The molecule has 18 heavy (non-hydrogen) atoms. The van der Waals surface area contributed by atoms with Crippen molar-refractivity contribution in [3.05, 3.63) is 22.6 Å². The van der Waals surface area contributed by atoms with Gasteiger partial charge in [0.2, 0.25) is 11.5 Å². The minimum Gasteiger partial charge on any atom is -0.462 e. The molecule has 0 fully saturated rings. The molecular formula is C10H5F3N2O3. The van der Waals surface area contributed by atoms with Gasteiger partial charge < -0.3 is 9.15 Å². The number of furan rings is 1. The topological polar surface area (TPSA) is 87.0 Å². The second-order valence-electron chi connectivity index (χ2n) is 2.95. The number of hydrogen-bond acceptors (Lipinski definition) is 5. The van der Waals surface area contributed by atoms with E-state index in [1.54, 1.807) is 0 Å². The third-order valence-electron chi connectivity index (χ3n) is 1.86. The van der Waals surface area contributed by atoms with Crippen LogP contribution < -0.4 is 0 Å². The van der Waals surface area contributed by atoms with Crippen molar-refractivity contribution >= 4 is 5.97 Å². The average Bonchev–Trinajstić information content (AvgIpc) is 2.67. The lowest BCUT2D eigenvalue weighted by atomic mass is 10.1. The second kappa shape index (κ2) is 4.80. The molecule has 0 aromatic carbocycles. The number of nitriles is 2. The van der Waals surface area contributed by atoms with Gasteiger partial charge in [-0.3, -0.25) is 0 Å². The molecule has 0 saturated heterocycles. The normalized spacial score (nSPS) is 10.6. The Bertz CT molecular complexity index is 561. The van der Waals surface area contributed by atoms with Gasteiger partial charge in [-0.2, -0.15) is 23.7 Å². The number of rotatable bonds is 2. The Balaban J connectivity index is 3.55. The summed E-state index contributed by atoms with van der Waals surface area (Å²) in [4.78, 5) is 11.4. The van der Waals surface area contributed by atoms with Crippen molar-refractivity contribution < 1.29 is 27.1 Å². The largest absolute Gasteiger partial charge is 0.462 e. The SMILES string of the molecule is CCOC(=O)c1c(C(F)(F)F)oc(C#N)c1C#N. The predicted molar refractivity (Wildman–Crippen MR) is 49.1 cm³/mol. The summed E-state index contributed by atoms with van der Waals surface area (Å²) in [6.07, 6.45) is -5.00. The van der Waals surface area contributed by atoms with E-state index in [0.717, 1.165) is 0 Å². The van der Waals surface area contributed by atoms with Gasteiger partial charge >= 0.3 is 12.1 Å². The number of carbonyl (C=O) groups excluding carboxylic acids is 1. The molecule has 0 saturated carbocycles. The standard InChI is InChI=1S/C10H5F3N2O3/c1-2-17-9(16)7-5(3-14)6(4-15)18-8(7)10(11,12)13/h2H2,1H3. The van der Waals surface area contributed by atoms with Crippen LogP contribution >= 0.6 is 0 Å².